The zero-order chi connectivity index (χ0) is 10.7. The van der Waals surface area contributed by atoms with Gasteiger partial charge >= 0.3 is 0 Å². The number of rotatable bonds is 3. The topological polar surface area (TPSA) is 65.8 Å². The Morgan fingerprint density at radius 1 is 1.53 bits per heavy atom. The maximum atomic E-state index is 10.4. The highest BCUT2D eigenvalue weighted by molar-refractivity contribution is 7.17. The van der Waals surface area contributed by atoms with Crippen molar-refractivity contribution >= 4 is 34.1 Å². The Hall–Kier alpha value is -1.71. The third-order valence-corrected chi connectivity index (χ3v) is 3.45. The molecule has 0 aliphatic rings. The molecule has 0 bridgehead atoms. The van der Waals surface area contributed by atoms with Crippen molar-refractivity contribution in [2.24, 2.45) is 0 Å². The lowest BCUT2D eigenvalue weighted by molar-refractivity contribution is -0.105. The van der Waals surface area contributed by atoms with Crippen LogP contribution in [0.3, 0.4) is 0 Å². The average Bonchev–Trinajstić information content (AvgIpc) is 2.85. The molecule has 0 fully saturated rings. The van der Waals surface area contributed by atoms with Crippen LogP contribution >= 0.6 is 22.7 Å². The number of hydrogen-bond acceptors (Lipinski definition) is 5. The van der Waals surface area contributed by atoms with E-state index >= 15 is 0 Å². The minimum Gasteiger partial charge on any atom is -0.320 e. The maximum Gasteiger partial charge on any atom is 0.212 e. The third-order valence-electron chi connectivity index (χ3n) is 1.75. The summed E-state index contributed by atoms with van der Waals surface area (Å²) in [6, 6.07) is 2.08. The van der Waals surface area contributed by atoms with Gasteiger partial charge in [0.05, 0.1) is 11.1 Å². The van der Waals surface area contributed by atoms with Crippen molar-refractivity contribution in [3.05, 3.63) is 22.5 Å². The van der Waals surface area contributed by atoms with E-state index in [2.05, 4.69) is 16.4 Å². The van der Waals surface area contributed by atoms with Gasteiger partial charge in [-0.2, -0.15) is 5.26 Å². The predicted molar refractivity (Wildman–Crippen MR) is 59.8 cm³/mol. The summed E-state index contributed by atoms with van der Waals surface area (Å²) in [6.07, 6.45) is 2.27. The second-order valence-corrected chi connectivity index (χ2v) is 4.34. The number of thiophene rings is 1. The molecule has 0 aliphatic carbocycles. The van der Waals surface area contributed by atoms with Gasteiger partial charge in [0.2, 0.25) is 6.41 Å². The van der Waals surface area contributed by atoms with Gasteiger partial charge in [-0.15, -0.1) is 22.7 Å². The van der Waals surface area contributed by atoms with Crippen molar-refractivity contribution < 1.29 is 4.79 Å². The first-order chi connectivity index (χ1) is 7.36. The van der Waals surface area contributed by atoms with E-state index in [1.807, 2.05) is 5.38 Å². The minimum atomic E-state index is 0.541. The molecule has 2 aromatic heterocycles. The second-order valence-electron chi connectivity index (χ2n) is 2.56. The number of hydrogen-bond donors (Lipinski definition) is 1. The van der Waals surface area contributed by atoms with E-state index in [-0.39, 0.29) is 0 Å². The van der Waals surface area contributed by atoms with Crippen molar-refractivity contribution in [1.82, 2.24) is 4.98 Å². The zero-order valence-electron chi connectivity index (χ0n) is 7.43. The quantitative estimate of drug-likeness (QED) is 0.830. The lowest BCUT2D eigenvalue weighted by Crippen LogP contribution is -1.93. The number of nitriles is 1. The van der Waals surface area contributed by atoms with Gasteiger partial charge in [0.1, 0.15) is 16.1 Å². The van der Waals surface area contributed by atoms with Crippen LogP contribution in [0, 0.1) is 11.3 Å². The molecular weight excluding hydrogens is 230 g/mol. The van der Waals surface area contributed by atoms with Gasteiger partial charge < -0.3 is 5.32 Å². The Morgan fingerprint density at radius 3 is 3.00 bits per heavy atom. The number of carbonyl (C=O) groups is 1. The molecule has 0 aromatic carbocycles. The Labute approximate surface area is 93.8 Å². The molecule has 0 unspecified atom stereocenters. The van der Waals surface area contributed by atoms with Crippen molar-refractivity contribution in [1.29, 1.82) is 5.26 Å². The Balaban J connectivity index is 2.56. The molecule has 1 N–H and O–H groups in total. The molecule has 74 valence electrons. The van der Waals surface area contributed by atoms with E-state index in [4.69, 9.17) is 5.26 Å². The van der Waals surface area contributed by atoms with Crippen LogP contribution in [0.4, 0.5) is 5.00 Å². The fourth-order valence-corrected chi connectivity index (χ4v) is 2.77. The van der Waals surface area contributed by atoms with Gasteiger partial charge in [-0.3, -0.25) is 4.79 Å². The van der Waals surface area contributed by atoms with Gasteiger partial charge in [0.15, 0.2) is 0 Å². The summed E-state index contributed by atoms with van der Waals surface area (Å²) in [6.45, 7) is 0. The number of thiazole rings is 1. The first-order valence-electron chi connectivity index (χ1n) is 3.98. The van der Waals surface area contributed by atoms with Crippen LogP contribution < -0.4 is 5.32 Å². The van der Waals surface area contributed by atoms with Crippen LogP contribution in [0.25, 0.3) is 10.6 Å². The molecule has 2 aromatic rings. The largest absolute Gasteiger partial charge is 0.320 e. The number of anilines is 1. The molecule has 0 saturated carbocycles. The molecule has 2 rings (SSSR count). The van der Waals surface area contributed by atoms with Crippen LogP contribution in [-0.2, 0) is 4.79 Å². The van der Waals surface area contributed by atoms with E-state index in [1.165, 1.54) is 22.7 Å². The molecule has 1 amide bonds. The highest BCUT2D eigenvalue weighted by atomic mass is 32.1. The zero-order valence-corrected chi connectivity index (χ0v) is 9.06. The Morgan fingerprint density at radius 2 is 2.40 bits per heavy atom. The molecule has 0 spiro atoms. The highest BCUT2D eigenvalue weighted by Gasteiger charge is 2.15. The van der Waals surface area contributed by atoms with Gasteiger partial charge in [-0.05, 0) is 0 Å². The fraction of sp³-hybridized carbons (Fsp3) is 0. The van der Waals surface area contributed by atoms with Gasteiger partial charge in [-0.1, -0.05) is 0 Å². The van der Waals surface area contributed by atoms with Crippen LogP contribution in [0.1, 0.15) is 5.56 Å². The van der Waals surface area contributed by atoms with E-state index in [0.717, 1.165) is 5.01 Å². The summed E-state index contributed by atoms with van der Waals surface area (Å²) in [5.74, 6) is 0. The smallest absolute Gasteiger partial charge is 0.212 e. The summed E-state index contributed by atoms with van der Waals surface area (Å²) >= 11 is 2.76. The number of amides is 1. The fourth-order valence-electron chi connectivity index (χ4n) is 1.16. The average molecular weight is 235 g/mol. The SMILES string of the molecule is N#Cc1csc(NC=O)c1-c1nccs1. The molecule has 0 aliphatic heterocycles. The second kappa shape index (κ2) is 4.21. The van der Waals surface area contributed by atoms with Crippen molar-refractivity contribution in [2.45, 2.75) is 0 Å². The standard InChI is InChI=1S/C9H5N3OS2/c10-3-6-4-15-9(12-5-13)7(6)8-11-1-2-14-8/h1-2,4-5H,(H,12,13). The maximum absolute atomic E-state index is 10.4. The molecule has 4 nitrogen and oxygen atoms in total. The van der Waals surface area contributed by atoms with Crippen molar-refractivity contribution in [2.75, 3.05) is 5.32 Å². The lowest BCUT2D eigenvalue weighted by Gasteiger charge is -1.98. The van der Waals surface area contributed by atoms with Gasteiger partial charge in [-0.25, -0.2) is 4.98 Å². The molecule has 2 heterocycles. The molecule has 0 saturated heterocycles. The van der Waals surface area contributed by atoms with E-state index in [1.54, 1.807) is 11.6 Å². The molecule has 6 heteroatoms. The first-order valence-corrected chi connectivity index (χ1v) is 5.74. The van der Waals surface area contributed by atoms with Gasteiger partial charge in [0, 0.05) is 17.0 Å². The van der Waals surface area contributed by atoms with Crippen molar-refractivity contribution in [3.63, 3.8) is 0 Å². The normalized spacial score (nSPS) is 9.53. The summed E-state index contributed by atoms with van der Waals surface area (Å²) in [5.41, 5.74) is 1.25. The third kappa shape index (κ3) is 1.75. The number of aromatic nitrogens is 1. The summed E-state index contributed by atoms with van der Waals surface area (Å²) < 4.78 is 0. The minimum absolute atomic E-state index is 0.541. The van der Waals surface area contributed by atoms with Crippen LogP contribution in [0.15, 0.2) is 17.0 Å². The molecule has 0 radical (unpaired) electrons. The van der Waals surface area contributed by atoms with E-state index in [9.17, 15) is 4.79 Å². The van der Waals surface area contributed by atoms with E-state index < -0.39 is 0 Å². The Bertz CT molecular complexity index is 510. The van der Waals surface area contributed by atoms with E-state index in [0.29, 0.717) is 22.5 Å². The lowest BCUT2D eigenvalue weighted by atomic mass is 10.2. The number of nitrogens with zero attached hydrogens (tertiary/aromatic N) is 2. The summed E-state index contributed by atoms with van der Waals surface area (Å²) in [4.78, 5) is 14.5. The van der Waals surface area contributed by atoms with Crippen LogP contribution in [-0.4, -0.2) is 11.4 Å². The monoisotopic (exact) mass is 235 g/mol. The predicted octanol–water partition coefficient (Wildman–Crippen LogP) is 2.31. The van der Waals surface area contributed by atoms with Crippen LogP contribution in [0.5, 0.6) is 0 Å². The highest BCUT2D eigenvalue weighted by Crippen LogP contribution is 2.37. The van der Waals surface area contributed by atoms with Crippen LogP contribution in [0.2, 0.25) is 0 Å². The van der Waals surface area contributed by atoms with Crippen molar-refractivity contribution in [3.8, 4) is 16.6 Å². The summed E-state index contributed by atoms with van der Waals surface area (Å²) in [5, 5.41) is 16.4. The van der Waals surface area contributed by atoms with Gasteiger partial charge in [0.25, 0.3) is 0 Å². The Kier molecular flexibility index (Phi) is 2.76. The number of carbonyl (C=O) groups excluding carboxylic acids is 1. The molecule has 15 heavy (non-hydrogen) atoms. The summed E-state index contributed by atoms with van der Waals surface area (Å²) in [7, 11) is 0. The first kappa shape index (κ1) is 9.83. The molecule has 0 atom stereocenters. The number of nitrogens with one attached hydrogen (secondary N) is 1. The molecular formula is C9H5N3OS2.